The van der Waals surface area contributed by atoms with E-state index in [4.69, 9.17) is 8.83 Å². The zero-order chi connectivity index (χ0) is 47.6. The normalized spacial score (nSPS) is 12.1. The SMILES string of the molecule is CCn1c2ccccc2c2cc(N(c3ccccc3)c3ccc4c(ccc5c4oc4ccc6oc7c8ccc(N(c9ccccc9)c9ccc%10c(c9)c9ccccc9n%10CC)cc8ccc7c6c45)c3)ccc21. The number of para-hydroxylation sites is 4. The van der Waals surface area contributed by atoms with Crippen LogP contribution in [-0.2, 0) is 13.1 Å². The maximum atomic E-state index is 6.87. The van der Waals surface area contributed by atoms with Gasteiger partial charge in [-0.25, -0.2) is 0 Å². The fourth-order valence-electron chi connectivity index (χ4n) is 12.0. The molecule has 6 nitrogen and oxygen atoms in total. The Morgan fingerprint density at radius 2 is 0.681 bits per heavy atom. The highest BCUT2D eigenvalue weighted by Crippen LogP contribution is 2.47. The van der Waals surface area contributed by atoms with Crippen molar-refractivity contribution in [1.29, 1.82) is 0 Å². The number of aryl methyl sites for hydroxylation is 2. The molecule has 0 fully saturated rings. The topological polar surface area (TPSA) is 42.6 Å². The quantitative estimate of drug-likeness (QED) is 0.152. The van der Waals surface area contributed by atoms with Crippen molar-refractivity contribution in [3.63, 3.8) is 0 Å². The second kappa shape index (κ2) is 15.6. The molecule has 15 rings (SSSR count). The Kier molecular flexibility index (Phi) is 8.81. The molecular weight excluding hydrogens is 881 g/mol. The number of fused-ring (bicyclic) bond motifs is 17. The maximum Gasteiger partial charge on any atom is 0.143 e. The van der Waals surface area contributed by atoms with E-state index in [1.54, 1.807) is 0 Å². The van der Waals surface area contributed by atoms with Crippen molar-refractivity contribution in [3.05, 3.63) is 218 Å². The van der Waals surface area contributed by atoms with Gasteiger partial charge in [-0.3, -0.25) is 0 Å². The summed E-state index contributed by atoms with van der Waals surface area (Å²) in [6.07, 6.45) is 0. The van der Waals surface area contributed by atoms with Gasteiger partial charge in [-0.2, -0.15) is 0 Å². The number of hydrogen-bond donors (Lipinski definition) is 0. The van der Waals surface area contributed by atoms with Crippen molar-refractivity contribution in [3.8, 4) is 0 Å². The van der Waals surface area contributed by atoms with Gasteiger partial charge in [0.15, 0.2) is 0 Å². The molecule has 0 aliphatic carbocycles. The minimum absolute atomic E-state index is 0.843. The monoisotopic (exact) mass is 926 g/mol. The van der Waals surface area contributed by atoms with Gasteiger partial charge in [-0.15, -0.1) is 0 Å². The smallest absolute Gasteiger partial charge is 0.143 e. The van der Waals surface area contributed by atoms with Crippen LogP contribution in [0.25, 0.3) is 109 Å². The summed E-state index contributed by atoms with van der Waals surface area (Å²) in [6, 6.07) is 79.1. The molecule has 6 heteroatoms. The van der Waals surface area contributed by atoms with E-state index in [9.17, 15) is 0 Å². The van der Waals surface area contributed by atoms with Crippen LogP contribution in [0.5, 0.6) is 0 Å². The molecule has 15 aromatic rings. The summed E-state index contributed by atoms with van der Waals surface area (Å²) in [5.74, 6) is 0. The van der Waals surface area contributed by atoms with Crippen molar-refractivity contribution in [2.24, 2.45) is 0 Å². The number of hydrogen-bond acceptors (Lipinski definition) is 4. The number of rotatable bonds is 8. The number of anilines is 6. The molecule has 4 heterocycles. The highest BCUT2D eigenvalue weighted by molar-refractivity contribution is 6.30. The summed E-state index contributed by atoms with van der Waals surface area (Å²) in [4.78, 5) is 4.72. The predicted octanol–water partition coefficient (Wildman–Crippen LogP) is 19.0. The lowest BCUT2D eigenvalue weighted by Crippen LogP contribution is -2.09. The standard InChI is InChI=1S/C66H46N4O2/c1-3-67-57-21-13-11-19-51(57)55-39-47(27-33-59(55)67)69(43-15-7-5-8-16-43)45-25-31-49-41(37-45)23-29-53-63-61(71-65(49)53)35-36-62-64(63)54-30-24-42-38-46(26-32-50(42)66(54)72-62)70(44-17-9-6-10-18-44)48-28-34-60-56(40-48)52-20-12-14-22-58(52)68(60)4-2/h5-40H,3-4H2,1-2H3. The van der Waals surface area contributed by atoms with Crippen molar-refractivity contribution in [2.75, 3.05) is 9.80 Å². The van der Waals surface area contributed by atoms with E-state index in [0.29, 0.717) is 0 Å². The second-order valence-electron chi connectivity index (χ2n) is 19.0. The average molecular weight is 927 g/mol. The van der Waals surface area contributed by atoms with Gasteiger partial charge in [0.2, 0.25) is 0 Å². The molecule has 0 aliphatic heterocycles. The Labute approximate surface area is 414 Å². The van der Waals surface area contributed by atoms with Gasteiger partial charge in [0.05, 0.1) is 0 Å². The van der Waals surface area contributed by atoms with Crippen molar-refractivity contribution < 1.29 is 8.83 Å². The molecule has 0 radical (unpaired) electrons. The van der Waals surface area contributed by atoms with E-state index >= 15 is 0 Å². The van der Waals surface area contributed by atoms with Crippen LogP contribution < -0.4 is 9.80 Å². The molecule has 4 aromatic heterocycles. The van der Waals surface area contributed by atoms with Gasteiger partial charge >= 0.3 is 0 Å². The number of furan rings is 2. The molecule has 0 amide bonds. The molecule has 72 heavy (non-hydrogen) atoms. The first-order valence-corrected chi connectivity index (χ1v) is 25.0. The Hall–Kier alpha value is -9.26. The van der Waals surface area contributed by atoms with Crippen LogP contribution in [0.3, 0.4) is 0 Å². The minimum Gasteiger partial charge on any atom is -0.455 e. The highest BCUT2D eigenvalue weighted by Gasteiger charge is 2.23. The second-order valence-corrected chi connectivity index (χ2v) is 19.0. The lowest BCUT2D eigenvalue weighted by Gasteiger charge is -2.26. The minimum atomic E-state index is 0.843. The first kappa shape index (κ1) is 40.6. The van der Waals surface area contributed by atoms with Gasteiger partial charge in [-0.1, -0.05) is 84.9 Å². The number of aromatic nitrogens is 2. The first-order chi connectivity index (χ1) is 35.6. The molecule has 0 saturated heterocycles. The number of benzene rings is 11. The summed E-state index contributed by atoms with van der Waals surface area (Å²) in [5.41, 5.74) is 15.0. The third-order valence-corrected chi connectivity index (χ3v) is 15.2. The van der Waals surface area contributed by atoms with Gasteiger partial charge in [-0.05, 0) is 158 Å². The summed E-state index contributed by atoms with van der Waals surface area (Å²) in [7, 11) is 0. The van der Waals surface area contributed by atoms with Crippen molar-refractivity contribution >= 4 is 143 Å². The predicted molar refractivity (Wildman–Crippen MR) is 303 cm³/mol. The largest absolute Gasteiger partial charge is 0.455 e. The Balaban J connectivity index is 0.846. The molecule has 0 atom stereocenters. The third kappa shape index (κ3) is 5.90. The first-order valence-electron chi connectivity index (χ1n) is 25.0. The highest BCUT2D eigenvalue weighted by atomic mass is 16.3. The summed E-state index contributed by atoms with van der Waals surface area (Å²) in [6.45, 7) is 6.26. The van der Waals surface area contributed by atoms with Crippen LogP contribution in [0.4, 0.5) is 34.1 Å². The molecule has 0 spiro atoms. The average Bonchev–Trinajstić information content (AvgIpc) is 4.19. The van der Waals surface area contributed by atoms with Gasteiger partial charge in [0, 0.05) is 123 Å². The lowest BCUT2D eigenvalue weighted by molar-refractivity contribution is 0.666. The Morgan fingerprint density at radius 3 is 1.12 bits per heavy atom. The van der Waals surface area contributed by atoms with E-state index in [-0.39, 0.29) is 0 Å². The summed E-state index contributed by atoms with van der Waals surface area (Å²) in [5, 5.41) is 13.7. The van der Waals surface area contributed by atoms with Gasteiger partial charge in [0.25, 0.3) is 0 Å². The number of nitrogens with zero attached hydrogens (tertiary/aromatic N) is 4. The maximum absolute atomic E-state index is 6.87. The zero-order valence-corrected chi connectivity index (χ0v) is 39.8. The van der Waals surface area contributed by atoms with Crippen LogP contribution in [-0.4, -0.2) is 9.13 Å². The zero-order valence-electron chi connectivity index (χ0n) is 39.8. The summed E-state index contributed by atoms with van der Waals surface area (Å²) >= 11 is 0. The van der Waals surface area contributed by atoms with Gasteiger partial charge in [0.1, 0.15) is 22.3 Å². The van der Waals surface area contributed by atoms with Gasteiger partial charge < -0.3 is 27.8 Å². The molecule has 342 valence electrons. The molecule has 0 aliphatic rings. The summed E-state index contributed by atoms with van der Waals surface area (Å²) < 4.78 is 18.6. The molecule has 0 unspecified atom stereocenters. The van der Waals surface area contributed by atoms with E-state index in [2.05, 4.69) is 251 Å². The fraction of sp³-hybridized carbons (Fsp3) is 0.0606. The van der Waals surface area contributed by atoms with E-state index < -0.39 is 0 Å². The van der Waals surface area contributed by atoms with Crippen LogP contribution in [0.2, 0.25) is 0 Å². The molecule has 0 bridgehead atoms. The third-order valence-electron chi connectivity index (χ3n) is 15.2. The van der Waals surface area contributed by atoms with Crippen LogP contribution >= 0.6 is 0 Å². The lowest BCUT2D eigenvalue weighted by atomic mass is 10.00. The van der Waals surface area contributed by atoms with E-state index in [1.807, 2.05) is 0 Å². The van der Waals surface area contributed by atoms with Crippen LogP contribution in [0, 0.1) is 0 Å². The Bertz CT molecular complexity index is 4370. The Morgan fingerprint density at radius 1 is 0.306 bits per heavy atom. The molecule has 0 saturated carbocycles. The molecular formula is C66H46N4O2. The van der Waals surface area contributed by atoms with Crippen LogP contribution in [0.15, 0.2) is 227 Å². The van der Waals surface area contributed by atoms with E-state index in [1.165, 1.54) is 43.6 Å². The van der Waals surface area contributed by atoms with Crippen molar-refractivity contribution in [1.82, 2.24) is 9.13 Å². The van der Waals surface area contributed by atoms with E-state index in [0.717, 1.165) is 113 Å². The van der Waals surface area contributed by atoms with Crippen molar-refractivity contribution in [2.45, 2.75) is 26.9 Å². The fourth-order valence-corrected chi connectivity index (χ4v) is 12.0. The van der Waals surface area contributed by atoms with Crippen LogP contribution in [0.1, 0.15) is 13.8 Å². The molecule has 0 N–H and O–H groups in total. The molecule has 11 aromatic carbocycles.